The van der Waals surface area contributed by atoms with Gasteiger partial charge in [0.15, 0.2) is 0 Å². The Labute approximate surface area is 172 Å². The largest absolute Gasteiger partial charge is 0.348 e. The summed E-state index contributed by atoms with van der Waals surface area (Å²) in [6, 6.07) is 10.6. The fraction of sp³-hybridized carbons (Fsp3) is 0.174. The lowest BCUT2D eigenvalue weighted by molar-refractivity contribution is 0.0966. The van der Waals surface area contributed by atoms with Crippen LogP contribution in [0.15, 0.2) is 55.0 Å². The summed E-state index contributed by atoms with van der Waals surface area (Å²) >= 11 is 0. The molecule has 7 heteroatoms. The Morgan fingerprint density at radius 1 is 1.13 bits per heavy atom. The zero-order valence-electron chi connectivity index (χ0n) is 16.6. The summed E-state index contributed by atoms with van der Waals surface area (Å²) < 4.78 is 15.3. The standard InChI is InChI=1S/C23H20FN5O/c1-13(2)14-3-6-20(25-10-14)28-18-5-4-16(17-11-27-23(30)22(17)18)19-12-26-21-9-15(24)7-8-29(19)21/h3-10,12-13H,11H2,1-2H3,(H,25,28)(H,27,30). The molecule has 0 fully saturated rings. The second-order valence-corrected chi connectivity index (χ2v) is 7.67. The van der Waals surface area contributed by atoms with Gasteiger partial charge in [0.25, 0.3) is 5.91 Å². The first kappa shape index (κ1) is 18.3. The molecule has 6 nitrogen and oxygen atoms in total. The summed E-state index contributed by atoms with van der Waals surface area (Å²) in [6.07, 6.45) is 5.20. The average Bonchev–Trinajstić information content (AvgIpc) is 3.32. The van der Waals surface area contributed by atoms with E-state index < -0.39 is 0 Å². The van der Waals surface area contributed by atoms with Gasteiger partial charge in [0, 0.05) is 30.6 Å². The van der Waals surface area contributed by atoms with Crippen molar-refractivity contribution in [3.05, 3.63) is 77.5 Å². The van der Waals surface area contributed by atoms with Crippen LogP contribution in [-0.4, -0.2) is 20.3 Å². The quantitative estimate of drug-likeness (QED) is 0.522. The first-order valence-corrected chi connectivity index (χ1v) is 9.81. The summed E-state index contributed by atoms with van der Waals surface area (Å²) in [6.45, 7) is 4.66. The highest BCUT2D eigenvalue weighted by molar-refractivity contribution is 6.06. The number of amides is 1. The molecule has 4 heterocycles. The summed E-state index contributed by atoms with van der Waals surface area (Å²) in [7, 11) is 0. The SMILES string of the molecule is CC(C)c1ccc(Nc2ccc(-c3cnc4cc(F)ccn34)c3c2C(=O)NC3)nc1. The van der Waals surface area contributed by atoms with Crippen molar-refractivity contribution in [3.8, 4) is 11.3 Å². The van der Waals surface area contributed by atoms with E-state index in [0.717, 1.165) is 22.4 Å². The Hall–Kier alpha value is -3.74. The number of fused-ring (bicyclic) bond motifs is 2. The van der Waals surface area contributed by atoms with E-state index in [1.54, 1.807) is 12.4 Å². The first-order chi connectivity index (χ1) is 14.5. The van der Waals surface area contributed by atoms with Gasteiger partial charge in [0.1, 0.15) is 17.3 Å². The average molecular weight is 401 g/mol. The van der Waals surface area contributed by atoms with Crippen LogP contribution in [0, 0.1) is 5.82 Å². The number of nitrogens with zero attached hydrogens (tertiary/aromatic N) is 3. The van der Waals surface area contributed by atoms with Gasteiger partial charge in [-0.15, -0.1) is 0 Å². The number of hydrogen-bond donors (Lipinski definition) is 2. The van der Waals surface area contributed by atoms with Crippen LogP contribution >= 0.6 is 0 Å². The molecular formula is C23H20FN5O. The summed E-state index contributed by atoms with van der Waals surface area (Å²) in [5.74, 6) is 0.615. The number of halogens is 1. The van der Waals surface area contributed by atoms with Crippen molar-refractivity contribution in [1.29, 1.82) is 0 Å². The van der Waals surface area contributed by atoms with Gasteiger partial charge < -0.3 is 10.6 Å². The molecule has 0 aliphatic carbocycles. The molecule has 0 radical (unpaired) electrons. The molecular weight excluding hydrogens is 381 g/mol. The molecule has 30 heavy (non-hydrogen) atoms. The van der Waals surface area contributed by atoms with Gasteiger partial charge in [0.05, 0.1) is 23.1 Å². The Morgan fingerprint density at radius 2 is 2.00 bits per heavy atom. The molecule has 0 bridgehead atoms. The fourth-order valence-electron chi connectivity index (χ4n) is 3.81. The zero-order valence-corrected chi connectivity index (χ0v) is 16.6. The highest BCUT2D eigenvalue weighted by Crippen LogP contribution is 2.35. The van der Waals surface area contributed by atoms with Crippen molar-refractivity contribution in [1.82, 2.24) is 19.7 Å². The minimum Gasteiger partial charge on any atom is -0.348 e. The number of nitrogens with one attached hydrogen (secondary N) is 2. The molecule has 1 amide bonds. The number of hydrogen-bond acceptors (Lipinski definition) is 4. The summed E-state index contributed by atoms with van der Waals surface area (Å²) in [5.41, 5.74) is 5.55. The first-order valence-electron chi connectivity index (χ1n) is 9.81. The molecule has 0 spiro atoms. The minimum absolute atomic E-state index is 0.131. The van der Waals surface area contributed by atoms with E-state index in [9.17, 15) is 9.18 Å². The third kappa shape index (κ3) is 2.99. The maximum Gasteiger partial charge on any atom is 0.254 e. The van der Waals surface area contributed by atoms with Gasteiger partial charge in [-0.25, -0.2) is 14.4 Å². The van der Waals surface area contributed by atoms with Gasteiger partial charge in [-0.1, -0.05) is 26.0 Å². The molecule has 1 aromatic carbocycles. The van der Waals surface area contributed by atoms with Crippen molar-refractivity contribution in [2.75, 3.05) is 5.32 Å². The number of carbonyl (C=O) groups is 1. The number of imidazole rings is 1. The van der Waals surface area contributed by atoms with Crippen molar-refractivity contribution >= 4 is 23.1 Å². The third-order valence-electron chi connectivity index (χ3n) is 5.43. The van der Waals surface area contributed by atoms with E-state index in [1.165, 1.54) is 12.1 Å². The van der Waals surface area contributed by atoms with E-state index in [0.29, 0.717) is 35.2 Å². The van der Waals surface area contributed by atoms with E-state index in [4.69, 9.17) is 0 Å². The van der Waals surface area contributed by atoms with Crippen LogP contribution in [-0.2, 0) is 6.54 Å². The Morgan fingerprint density at radius 3 is 2.77 bits per heavy atom. The van der Waals surface area contributed by atoms with Gasteiger partial charge in [-0.05, 0) is 35.2 Å². The maximum absolute atomic E-state index is 13.5. The topological polar surface area (TPSA) is 71.3 Å². The molecule has 3 aromatic heterocycles. The monoisotopic (exact) mass is 401 g/mol. The predicted molar refractivity (Wildman–Crippen MR) is 113 cm³/mol. The smallest absolute Gasteiger partial charge is 0.254 e. The molecule has 1 aliphatic heterocycles. The lowest BCUT2D eigenvalue weighted by Gasteiger charge is -2.13. The van der Waals surface area contributed by atoms with Crippen LogP contribution in [0.5, 0.6) is 0 Å². The number of aromatic nitrogens is 3. The van der Waals surface area contributed by atoms with Crippen LogP contribution in [0.25, 0.3) is 16.9 Å². The third-order valence-corrected chi connectivity index (χ3v) is 5.43. The molecule has 150 valence electrons. The number of anilines is 2. The van der Waals surface area contributed by atoms with Crippen LogP contribution in [0.1, 0.15) is 41.3 Å². The Bertz CT molecular complexity index is 1280. The molecule has 0 saturated heterocycles. The number of pyridine rings is 2. The van der Waals surface area contributed by atoms with E-state index in [1.807, 2.05) is 34.9 Å². The van der Waals surface area contributed by atoms with Gasteiger partial charge in [0.2, 0.25) is 0 Å². The van der Waals surface area contributed by atoms with Crippen LogP contribution in [0.2, 0.25) is 0 Å². The second-order valence-electron chi connectivity index (χ2n) is 7.67. The van der Waals surface area contributed by atoms with Crippen LogP contribution in [0.4, 0.5) is 15.9 Å². The fourth-order valence-corrected chi connectivity index (χ4v) is 3.81. The van der Waals surface area contributed by atoms with E-state index in [-0.39, 0.29) is 11.7 Å². The van der Waals surface area contributed by atoms with Crippen LogP contribution < -0.4 is 10.6 Å². The number of carbonyl (C=O) groups excluding carboxylic acids is 1. The Balaban J connectivity index is 1.57. The summed E-state index contributed by atoms with van der Waals surface area (Å²) in [4.78, 5) is 21.4. The van der Waals surface area contributed by atoms with Crippen molar-refractivity contribution in [2.45, 2.75) is 26.3 Å². The highest BCUT2D eigenvalue weighted by atomic mass is 19.1. The molecule has 0 saturated carbocycles. The zero-order chi connectivity index (χ0) is 20.8. The van der Waals surface area contributed by atoms with Gasteiger partial charge >= 0.3 is 0 Å². The van der Waals surface area contributed by atoms with Gasteiger partial charge in [-0.2, -0.15) is 0 Å². The van der Waals surface area contributed by atoms with E-state index >= 15 is 0 Å². The van der Waals surface area contributed by atoms with Gasteiger partial charge in [-0.3, -0.25) is 9.20 Å². The minimum atomic E-state index is -0.336. The molecule has 2 N–H and O–H groups in total. The van der Waals surface area contributed by atoms with Crippen molar-refractivity contribution in [3.63, 3.8) is 0 Å². The summed E-state index contributed by atoms with van der Waals surface area (Å²) in [5, 5.41) is 6.18. The normalized spacial score (nSPS) is 13.0. The molecule has 1 aliphatic rings. The van der Waals surface area contributed by atoms with Crippen molar-refractivity contribution in [2.24, 2.45) is 0 Å². The Kier molecular flexibility index (Phi) is 4.24. The predicted octanol–water partition coefficient (Wildman–Crippen LogP) is 4.65. The number of rotatable bonds is 4. The lowest BCUT2D eigenvalue weighted by atomic mass is 9.99. The van der Waals surface area contributed by atoms with E-state index in [2.05, 4.69) is 34.4 Å². The maximum atomic E-state index is 13.5. The molecule has 4 aromatic rings. The van der Waals surface area contributed by atoms with Crippen molar-refractivity contribution < 1.29 is 9.18 Å². The lowest BCUT2D eigenvalue weighted by Crippen LogP contribution is -2.13. The van der Waals surface area contributed by atoms with Crippen LogP contribution in [0.3, 0.4) is 0 Å². The highest BCUT2D eigenvalue weighted by Gasteiger charge is 2.27. The molecule has 0 atom stereocenters. The number of benzene rings is 1. The molecule has 5 rings (SSSR count). The molecule has 0 unspecified atom stereocenters. The second kappa shape index (κ2) is 6.95.